The number of phosphoric ester groups is 2. The minimum atomic E-state index is -4.92. The van der Waals surface area contributed by atoms with Crippen molar-refractivity contribution >= 4 is 36.7 Å². The van der Waals surface area contributed by atoms with Gasteiger partial charge in [0.15, 0.2) is 0 Å². The van der Waals surface area contributed by atoms with Crippen molar-refractivity contribution in [2.75, 3.05) is 72.7 Å². The molecule has 3 unspecified atom stereocenters. The first-order valence-electron chi connectivity index (χ1n) is 17.9. The van der Waals surface area contributed by atoms with Crippen molar-refractivity contribution in [3.8, 4) is 6.07 Å². The van der Waals surface area contributed by atoms with E-state index in [0.717, 1.165) is 19.3 Å². The van der Waals surface area contributed by atoms with Gasteiger partial charge in [-0.15, -0.1) is 0 Å². The molecule has 0 aromatic carbocycles. The summed E-state index contributed by atoms with van der Waals surface area (Å²) >= 11 is 0. The highest BCUT2D eigenvalue weighted by atomic mass is 31.2. The van der Waals surface area contributed by atoms with Crippen LogP contribution in [-0.4, -0.2) is 95.2 Å². The Morgan fingerprint density at radius 3 is 1.38 bits per heavy atom. The Morgan fingerprint density at radius 2 is 1.02 bits per heavy atom. The Balaban J connectivity index is -0.000000466. The van der Waals surface area contributed by atoms with Gasteiger partial charge in [-0.25, -0.2) is 11.8 Å². The molecule has 0 heterocycles. The summed E-state index contributed by atoms with van der Waals surface area (Å²) in [5.41, 5.74) is 5.34. The van der Waals surface area contributed by atoms with Gasteiger partial charge < -0.3 is 72.4 Å². The first-order valence-corrected chi connectivity index (χ1v) is 24.0. The first-order chi connectivity index (χ1) is 27.0. The number of hydrogen-bond donors (Lipinski definition) is 6. The maximum atomic E-state index is 12.1. The Labute approximate surface area is 329 Å². The van der Waals surface area contributed by atoms with Crippen LogP contribution in [0.3, 0.4) is 0 Å². The third-order valence-electron chi connectivity index (χ3n) is 6.06. The number of carbonyl (C=O) groups excluding carboxylic acids is 1. The van der Waals surface area contributed by atoms with Crippen LogP contribution in [0.25, 0.3) is 0 Å². The van der Waals surface area contributed by atoms with Crippen LogP contribution in [0.15, 0.2) is 0 Å². The fourth-order valence-electron chi connectivity index (χ4n) is 3.48. The van der Waals surface area contributed by atoms with Gasteiger partial charge in [0.1, 0.15) is 0 Å². The Bertz CT molecular complexity index is 1230. The highest BCUT2D eigenvalue weighted by Gasteiger charge is 2.38. The maximum absolute atomic E-state index is 12.1. The molecule has 0 aliphatic heterocycles. The summed E-state index contributed by atoms with van der Waals surface area (Å²) in [4.78, 5) is 42.3. The van der Waals surface area contributed by atoms with E-state index in [1.54, 1.807) is 11.4 Å². The number of phosphoric acid groups is 2. The molecule has 0 aromatic rings. The second kappa shape index (κ2) is 38.3. The number of nitrogens with one attached hydrogen (secondary N) is 1. The van der Waals surface area contributed by atoms with E-state index in [1.807, 2.05) is 0 Å². The lowest BCUT2D eigenvalue weighted by molar-refractivity contribution is -0.341. The van der Waals surface area contributed by atoms with Crippen LogP contribution in [-0.2, 0) is 54.7 Å². The van der Waals surface area contributed by atoms with E-state index >= 15 is 0 Å². The number of unbranched alkanes of at least 4 members (excludes halogenated alkanes) is 8. The molecule has 3 atom stereocenters. The third kappa shape index (κ3) is 49.2. The van der Waals surface area contributed by atoms with E-state index in [2.05, 4.69) is 35.8 Å². The summed E-state index contributed by atoms with van der Waals surface area (Å²) in [6.07, 6.45) is 2.06. The molecule has 29 heteroatoms. The predicted octanol–water partition coefficient (Wildman–Crippen LogP) is 2.93. The molecule has 56 heavy (non-hydrogen) atoms. The van der Waals surface area contributed by atoms with E-state index in [0.29, 0.717) is 71.1 Å². The van der Waals surface area contributed by atoms with Crippen molar-refractivity contribution in [2.45, 2.75) is 89.6 Å². The molecule has 338 valence electrons. The highest BCUT2D eigenvalue weighted by molar-refractivity contribution is 7.53. The molecule has 0 aliphatic rings. The minimum absolute atomic E-state index is 0.0126. The highest BCUT2D eigenvalue weighted by Crippen LogP contribution is 2.45. The molecule has 0 aliphatic carbocycles. The standard InChI is InChI=1S/C16H29F3N2O8P2.C11H27NO7P2.2H3NO/c1-30(23,27-12-7-4-10-21-15(22)16(17,18)19)26-11-5-2-3-6-13-28-31(24,25)29-14-8-9-20;1-20(13,18-10-7-4-8-12)17-9-5-2-3-6-11-19-21(14,15)16;2*1-2/h2-8,10-14H2,1H3,(H,21,22)(H,24,25);2-12H2,1H3,(H2,14,15,16);2*2H,1H2/p-3/i;;2*2D. The number of carbonyl (C=O) groups is 1. The van der Waals surface area contributed by atoms with Gasteiger partial charge in [0.05, 0.1) is 66.6 Å². The summed E-state index contributed by atoms with van der Waals surface area (Å²) in [6, 6.07) is 1.74. The number of nitrogens with zero attached hydrogens (tertiary/aromatic N) is 1. The van der Waals surface area contributed by atoms with Crippen LogP contribution in [0.4, 0.5) is 13.2 Å². The van der Waals surface area contributed by atoms with Crippen molar-refractivity contribution in [1.82, 2.24) is 5.32 Å². The molecular formula is C27H59F3N5O17P4-3. The first kappa shape index (κ1) is 57.2. The Hall–Kier alpha value is -0.930. The van der Waals surface area contributed by atoms with Crippen molar-refractivity contribution in [2.24, 2.45) is 17.5 Å². The number of nitrogens with two attached hydrogens (primary N) is 3. The zero-order chi connectivity index (χ0) is 45.4. The van der Waals surface area contributed by atoms with Gasteiger partial charge >= 0.3 is 27.3 Å². The van der Waals surface area contributed by atoms with E-state index in [-0.39, 0.29) is 52.4 Å². The summed E-state index contributed by atoms with van der Waals surface area (Å²) in [5.74, 6) is 6.02. The second-order valence-electron chi connectivity index (χ2n) is 11.0. The van der Waals surface area contributed by atoms with Gasteiger partial charge in [-0.3, -0.25) is 18.5 Å². The van der Waals surface area contributed by atoms with Crippen molar-refractivity contribution in [3.05, 3.63) is 0 Å². The average molecular weight is 909 g/mol. The summed E-state index contributed by atoms with van der Waals surface area (Å²) in [6.45, 7) is 3.58. The maximum Gasteiger partial charge on any atom is 0.471 e. The molecule has 0 saturated heterocycles. The monoisotopic (exact) mass is 908 g/mol. The summed E-state index contributed by atoms with van der Waals surface area (Å²) in [7, 11) is -15.5. The molecular weight excluding hydrogens is 847 g/mol. The zero-order valence-corrected chi connectivity index (χ0v) is 35.2. The van der Waals surface area contributed by atoms with Gasteiger partial charge in [0.25, 0.3) is 7.82 Å². The molecule has 0 radical (unpaired) electrons. The van der Waals surface area contributed by atoms with E-state index in [1.165, 1.54) is 13.3 Å². The normalized spacial score (nSPS) is 15.0. The molecule has 0 aromatic heterocycles. The molecule has 0 bridgehead atoms. The number of nitriles is 1. The quantitative estimate of drug-likeness (QED) is 0.0321. The minimum Gasteiger partial charge on any atom is -0.790 e. The predicted molar refractivity (Wildman–Crippen MR) is 190 cm³/mol. The van der Waals surface area contributed by atoms with Crippen molar-refractivity contribution in [3.63, 3.8) is 0 Å². The second-order valence-corrected chi connectivity index (χ2v) is 17.6. The van der Waals surface area contributed by atoms with Gasteiger partial charge in [0, 0.05) is 19.9 Å². The molecule has 0 spiro atoms. The van der Waals surface area contributed by atoms with E-state index < -0.39 is 42.9 Å². The zero-order valence-electron chi connectivity index (χ0n) is 33.6. The Kier molecular flexibility index (Phi) is 39.1. The molecule has 0 saturated carbocycles. The van der Waals surface area contributed by atoms with Gasteiger partial charge in [-0.2, -0.15) is 18.4 Å². The van der Waals surface area contributed by atoms with Crippen LogP contribution in [0.2, 0.25) is 2.86 Å². The van der Waals surface area contributed by atoms with Crippen molar-refractivity contribution in [1.29, 1.82) is 5.26 Å². The van der Waals surface area contributed by atoms with E-state index in [9.17, 15) is 50.9 Å². The molecule has 1 amide bonds. The lowest BCUT2D eigenvalue weighted by atomic mass is 10.2. The van der Waals surface area contributed by atoms with Crippen LogP contribution in [0, 0.1) is 11.3 Å². The van der Waals surface area contributed by atoms with Crippen LogP contribution < -0.4 is 37.5 Å². The average Bonchev–Trinajstić information content (AvgIpc) is 3.10. The largest absolute Gasteiger partial charge is 0.790 e. The third-order valence-corrected chi connectivity index (χ3v) is 10.2. The molecule has 22 nitrogen and oxygen atoms in total. The van der Waals surface area contributed by atoms with Crippen LogP contribution >= 0.6 is 30.8 Å². The molecule has 0 fully saturated rings. The lowest BCUT2D eigenvalue weighted by Crippen LogP contribution is -2.37. The SMILES string of the molecule is CP(=O)(OCCCCCCOP(=O)([O-])OCCC#N)OCCCCNC(=O)C(F)(F)F.CP(=O)(OCCCCN)OCCCCCCOP(=O)([O-])[O-].[2H]ON.[2H]ON. The summed E-state index contributed by atoms with van der Waals surface area (Å²) in [5, 5.41) is 16.0. The van der Waals surface area contributed by atoms with Gasteiger partial charge in [-0.05, 0) is 57.9 Å². The smallest absolute Gasteiger partial charge is 0.471 e. The number of alkyl halides is 3. The van der Waals surface area contributed by atoms with Crippen molar-refractivity contribution < 1.29 is 95.9 Å². The topological polar surface area (TPSA) is 373 Å². The fourth-order valence-corrected chi connectivity index (χ4v) is 6.57. The van der Waals surface area contributed by atoms with E-state index in [4.69, 9.17) is 32.0 Å². The number of rotatable bonds is 32. The van der Waals surface area contributed by atoms with Crippen LogP contribution in [0.5, 0.6) is 0 Å². The van der Waals surface area contributed by atoms with Gasteiger partial charge in [-0.1, -0.05) is 25.7 Å². The number of amides is 1. The lowest BCUT2D eigenvalue weighted by Gasteiger charge is -2.28. The molecule has 0 rings (SSSR count). The summed E-state index contributed by atoms with van der Waals surface area (Å²) < 4.78 is 126. The fraction of sp³-hybridized carbons (Fsp3) is 0.926. The van der Waals surface area contributed by atoms with Crippen LogP contribution in [0.1, 0.15) is 83.5 Å². The number of halogens is 3. The molecule has 9 N–H and O–H groups in total. The Morgan fingerprint density at radius 1 is 0.679 bits per heavy atom. The van der Waals surface area contributed by atoms with Gasteiger partial charge in [0.2, 0.25) is 2.86 Å². The number of hydrogen-bond acceptors (Lipinski definition) is 21.